The fraction of sp³-hybridized carbons (Fsp3) is 0.250. The molecule has 1 amide bonds. The van der Waals surface area contributed by atoms with E-state index in [0.717, 1.165) is 21.6 Å². The summed E-state index contributed by atoms with van der Waals surface area (Å²) in [4.78, 5) is 12.0. The molecule has 28 heavy (non-hydrogen) atoms. The first kappa shape index (κ1) is 20.2. The van der Waals surface area contributed by atoms with Crippen molar-refractivity contribution in [2.45, 2.75) is 22.9 Å². The Morgan fingerprint density at radius 3 is 2.57 bits per heavy atom. The molecule has 0 radical (unpaired) electrons. The first-order valence-corrected chi connectivity index (χ1v) is 10.6. The number of rotatable bonds is 10. The van der Waals surface area contributed by atoms with Gasteiger partial charge in [0.25, 0.3) is 0 Å². The standard InChI is InChI=1S/C20H21N3O3S2/c1-25-16-9-11-17(12-10-16)26-13-5-8-18(24)21-19-22-23-20(28-19)27-14-15-6-3-2-4-7-15/h2-4,6-7,9-12H,5,8,13-14H2,1H3,(H,21,22,24). The smallest absolute Gasteiger partial charge is 0.226 e. The average molecular weight is 416 g/mol. The molecule has 0 bridgehead atoms. The van der Waals surface area contributed by atoms with Crippen LogP contribution in [0.5, 0.6) is 11.5 Å². The Bertz CT molecular complexity index is 870. The normalized spacial score (nSPS) is 10.5. The lowest BCUT2D eigenvalue weighted by Gasteiger charge is -2.06. The summed E-state index contributed by atoms with van der Waals surface area (Å²) in [7, 11) is 1.62. The fourth-order valence-corrected chi connectivity index (χ4v) is 4.04. The van der Waals surface area contributed by atoms with E-state index in [4.69, 9.17) is 9.47 Å². The lowest BCUT2D eigenvalue weighted by molar-refractivity contribution is -0.116. The maximum atomic E-state index is 12.0. The second-order valence-corrected chi connectivity index (χ2v) is 8.02. The Morgan fingerprint density at radius 2 is 1.82 bits per heavy atom. The number of hydrogen-bond donors (Lipinski definition) is 1. The molecule has 1 N–H and O–H groups in total. The van der Waals surface area contributed by atoms with Crippen molar-refractivity contribution in [3.8, 4) is 11.5 Å². The molecule has 0 aliphatic rings. The van der Waals surface area contributed by atoms with Crippen LogP contribution in [0.1, 0.15) is 18.4 Å². The van der Waals surface area contributed by atoms with Gasteiger partial charge in [-0.3, -0.25) is 4.79 Å². The average Bonchev–Trinajstić information content (AvgIpc) is 3.18. The van der Waals surface area contributed by atoms with Crippen LogP contribution in [-0.2, 0) is 10.5 Å². The van der Waals surface area contributed by atoms with Crippen molar-refractivity contribution < 1.29 is 14.3 Å². The molecule has 0 fully saturated rings. The zero-order chi connectivity index (χ0) is 19.6. The van der Waals surface area contributed by atoms with Crippen molar-refractivity contribution in [3.05, 3.63) is 60.2 Å². The van der Waals surface area contributed by atoms with E-state index in [1.807, 2.05) is 42.5 Å². The zero-order valence-corrected chi connectivity index (χ0v) is 17.1. The van der Waals surface area contributed by atoms with E-state index in [9.17, 15) is 4.79 Å². The van der Waals surface area contributed by atoms with Gasteiger partial charge < -0.3 is 14.8 Å². The van der Waals surface area contributed by atoms with E-state index >= 15 is 0 Å². The fourth-order valence-electron chi connectivity index (χ4n) is 2.31. The Kier molecular flexibility index (Phi) is 7.69. The van der Waals surface area contributed by atoms with E-state index in [-0.39, 0.29) is 5.91 Å². The van der Waals surface area contributed by atoms with Gasteiger partial charge in [-0.25, -0.2) is 0 Å². The van der Waals surface area contributed by atoms with Crippen molar-refractivity contribution in [1.82, 2.24) is 10.2 Å². The van der Waals surface area contributed by atoms with E-state index in [1.165, 1.54) is 16.9 Å². The topological polar surface area (TPSA) is 73.3 Å². The van der Waals surface area contributed by atoms with E-state index in [1.54, 1.807) is 18.9 Å². The predicted octanol–water partition coefficient (Wildman–Crippen LogP) is 4.64. The summed E-state index contributed by atoms with van der Waals surface area (Å²) in [5.74, 6) is 2.27. The van der Waals surface area contributed by atoms with Gasteiger partial charge in [-0.05, 0) is 36.2 Å². The Morgan fingerprint density at radius 1 is 1.07 bits per heavy atom. The van der Waals surface area contributed by atoms with Crippen LogP contribution < -0.4 is 14.8 Å². The predicted molar refractivity (Wildman–Crippen MR) is 112 cm³/mol. The van der Waals surface area contributed by atoms with Crippen molar-refractivity contribution in [1.29, 1.82) is 0 Å². The summed E-state index contributed by atoms with van der Waals surface area (Å²) in [6, 6.07) is 17.5. The lowest BCUT2D eigenvalue weighted by Crippen LogP contribution is -2.12. The quantitative estimate of drug-likeness (QED) is 0.295. The number of methoxy groups -OCH3 is 1. The van der Waals surface area contributed by atoms with E-state index < -0.39 is 0 Å². The Hall–Kier alpha value is -2.58. The van der Waals surface area contributed by atoms with Crippen LogP contribution in [0.15, 0.2) is 58.9 Å². The van der Waals surface area contributed by atoms with Gasteiger partial charge in [-0.1, -0.05) is 53.4 Å². The highest BCUT2D eigenvalue weighted by atomic mass is 32.2. The van der Waals surface area contributed by atoms with Gasteiger partial charge in [0.05, 0.1) is 13.7 Å². The molecular weight excluding hydrogens is 394 g/mol. The van der Waals surface area contributed by atoms with Crippen molar-refractivity contribution >= 4 is 34.1 Å². The van der Waals surface area contributed by atoms with E-state index in [0.29, 0.717) is 24.6 Å². The summed E-state index contributed by atoms with van der Waals surface area (Å²) in [6.45, 7) is 0.466. The summed E-state index contributed by atoms with van der Waals surface area (Å²) >= 11 is 2.99. The minimum atomic E-state index is -0.0888. The molecule has 8 heteroatoms. The minimum Gasteiger partial charge on any atom is -0.497 e. The molecule has 0 atom stereocenters. The zero-order valence-electron chi connectivity index (χ0n) is 15.5. The van der Waals surface area contributed by atoms with Crippen LogP contribution in [0.3, 0.4) is 0 Å². The Balaban J connectivity index is 1.34. The minimum absolute atomic E-state index is 0.0888. The number of aromatic nitrogens is 2. The first-order chi connectivity index (χ1) is 13.7. The highest BCUT2D eigenvalue weighted by Gasteiger charge is 2.09. The van der Waals surface area contributed by atoms with Gasteiger partial charge in [0, 0.05) is 12.2 Å². The summed E-state index contributed by atoms with van der Waals surface area (Å²) in [5, 5.41) is 11.5. The van der Waals surface area contributed by atoms with Crippen LogP contribution in [0.4, 0.5) is 5.13 Å². The molecule has 0 aliphatic heterocycles. The summed E-state index contributed by atoms with van der Waals surface area (Å²) in [5.41, 5.74) is 1.23. The van der Waals surface area contributed by atoms with Gasteiger partial charge in [0.1, 0.15) is 11.5 Å². The van der Waals surface area contributed by atoms with Crippen LogP contribution >= 0.6 is 23.1 Å². The van der Waals surface area contributed by atoms with Gasteiger partial charge in [-0.15, -0.1) is 10.2 Å². The number of carbonyl (C=O) groups excluding carboxylic acids is 1. The van der Waals surface area contributed by atoms with Crippen LogP contribution in [-0.4, -0.2) is 29.8 Å². The number of anilines is 1. The molecule has 146 valence electrons. The number of hydrogen-bond acceptors (Lipinski definition) is 7. The number of thioether (sulfide) groups is 1. The number of carbonyl (C=O) groups is 1. The third-order valence-electron chi connectivity index (χ3n) is 3.73. The number of nitrogens with one attached hydrogen (secondary N) is 1. The summed E-state index contributed by atoms with van der Waals surface area (Å²) in [6.07, 6.45) is 0.981. The highest BCUT2D eigenvalue weighted by molar-refractivity contribution is 8.00. The highest BCUT2D eigenvalue weighted by Crippen LogP contribution is 2.28. The number of ether oxygens (including phenoxy) is 2. The number of nitrogens with zero attached hydrogens (tertiary/aromatic N) is 2. The molecule has 1 aromatic heterocycles. The largest absolute Gasteiger partial charge is 0.497 e. The number of benzene rings is 2. The van der Waals surface area contributed by atoms with Crippen LogP contribution in [0, 0.1) is 0 Å². The van der Waals surface area contributed by atoms with Gasteiger partial charge in [0.2, 0.25) is 11.0 Å². The van der Waals surface area contributed by atoms with Crippen LogP contribution in [0.2, 0.25) is 0 Å². The molecule has 0 aliphatic carbocycles. The summed E-state index contributed by atoms with van der Waals surface area (Å²) < 4.78 is 11.6. The van der Waals surface area contributed by atoms with Gasteiger partial charge in [-0.2, -0.15) is 0 Å². The molecule has 1 heterocycles. The maximum Gasteiger partial charge on any atom is 0.226 e. The number of amides is 1. The third-order valence-corrected chi connectivity index (χ3v) is 5.78. The second-order valence-electron chi connectivity index (χ2n) is 5.82. The van der Waals surface area contributed by atoms with E-state index in [2.05, 4.69) is 27.6 Å². The molecular formula is C20H21N3O3S2. The molecule has 2 aromatic carbocycles. The molecule has 0 saturated heterocycles. The molecule has 0 unspecified atom stereocenters. The molecule has 3 aromatic rings. The Labute approximate surface area is 172 Å². The molecule has 3 rings (SSSR count). The monoisotopic (exact) mass is 415 g/mol. The van der Waals surface area contributed by atoms with Crippen molar-refractivity contribution in [2.75, 3.05) is 19.0 Å². The van der Waals surface area contributed by atoms with Gasteiger partial charge >= 0.3 is 0 Å². The second kappa shape index (κ2) is 10.7. The van der Waals surface area contributed by atoms with Crippen molar-refractivity contribution in [3.63, 3.8) is 0 Å². The van der Waals surface area contributed by atoms with Crippen molar-refractivity contribution in [2.24, 2.45) is 0 Å². The third kappa shape index (κ3) is 6.54. The molecule has 0 saturated carbocycles. The lowest BCUT2D eigenvalue weighted by atomic mass is 10.2. The van der Waals surface area contributed by atoms with Crippen LogP contribution in [0.25, 0.3) is 0 Å². The maximum absolute atomic E-state index is 12.0. The molecule has 0 spiro atoms. The first-order valence-electron chi connectivity index (χ1n) is 8.80. The SMILES string of the molecule is COc1ccc(OCCCC(=O)Nc2nnc(SCc3ccccc3)s2)cc1. The van der Waals surface area contributed by atoms with Gasteiger partial charge in [0.15, 0.2) is 4.34 Å². The molecule has 6 nitrogen and oxygen atoms in total.